The Morgan fingerprint density at radius 2 is 2.00 bits per heavy atom. The molecule has 1 aliphatic heterocycles. The van der Waals surface area contributed by atoms with Crippen molar-refractivity contribution < 1.29 is 19.4 Å². The highest BCUT2D eigenvalue weighted by Gasteiger charge is 2.38. The van der Waals surface area contributed by atoms with Crippen LogP contribution in [0.15, 0.2) is 30.5 Å². The Morgan fingerprint density at radius 3 is 2.69 bits per heavy atom. The second-order valence-electron chi connectivity index (χ2n) is 6.81. The lowest BCUT2D eigenvalue weighted by molar-refractivity contribution is -0.0445. The van der Waals surface area contributed by atoms with E-state index in [1.165, 1.54) is 6.20 Å². The fourth-order valence-corrected chi connectivity index (χ4v) is 3.97. The molecule has 7 nitrogen and oxygen atoms in total. The standard InChI is InChI=1S/C19H21N3O4/c1-12-15(19(24)25)11-20-22(12)14-7-5-13(6-8-14)18(23)21-9-10-26-17-4-2-3-16(17)21/h5-8,11,16-17H,2-4,9-10H2,1H3,(H,24,25)/t16-,17+/m0/s1. The van der Waals surface area contributed by atoms with Crippen molar-refractivity contribution in [1.82, 2.24) is 14.7 Å². The number of hydrogen-bond donors (Lipinski definition) is 1. The zero-order chi connectivity index (χ0) is 18.3. The first-order chi connectivity index (χ1) is 12.6. The molecule has 2 atom stereocenters. The van der Waals surface area contributed by atoms with Gasteiger partial charge in [0.15, 0.2) is 0 Å². The number of carbonyl (C=O) groups is 2. The number of carboxylic acid groups (broad SMARTS) is 1. The molecular formula is C19H21N3O4. The molecule has 136 valence electrons. The molecule has 1 saturated heterocycles. The van der Waals surface area contributed by atoms with Gasteiger partial charge in [-0.1, -0.05) is 0 Å². The molecular weight excluding hydrogens is 334 g/mol. The molecule has 1 N–H and O–H groups in total. The Hall–Kier alpha value is -2.67. The molecule has 1 saturated carbocycles. The minimum absolute atomic E-state index is 0.0279. The van der Waals surface area contributed by atoms with Gasteiger partial charge in [-0.05, 0) is 50.5 Å². The fourth-order valence-electron chi connectivity index (χ4n) is 3.97. The molecule has 2 fully saturated rings. The summed E-state index contributed by atoms with van der Waals surface area (Å²) in [7, 11) is 0. The molecule has 26 heavy (non-hydrogen) atoms. The zero-order valence-electron chi connectivity index (χ0n) is 14.6. The minimum atomic E-state index is -1.00. The number of carboxylic acids is 1. The smallest absolute Gasteiger partial charge is 0.339 e. The number of ether oxygens (including phenoxy) is 1. The van der Waals surface area contributed by atoms with Gasteiger partial charge in [-0.25, -0.2) is 9.48 Å². The van der Waals surface area contributed by atoms with Gasteiger partial charge in [0, 0.05) is 12.1 Å². The topological polar surface area (TPSA) is 84.7 Å². The van der Waals surface area contributed by atoms with Gasteiger partial charge >= 0.3 is 5.97 Å². The summed E-state index contributed by atoms with van der Waals surface area (Å²) < 4.78 is 7.35. The largest absolute Gasteiger partial charge is 0.478 e. The highest BCUT2D eigenvalue weighted by Crippen LogP contribution is 2.30. The third-order valence-corrected chi connectivity index (χ3v) is 5.34. The number of fused-ring (bicyclic) bond motifs is 1. The first-order valence-corrected chi connectivity index (χ1v) is 8.87. The number of aromatic carboxylic acids is 1. The summed E-state index contributed by atoms with van der Waals surface area (Å²) in [5, 5.41) is 13.3. The molecule has 7 heteroatoms. The van der Waals surface area contributed by atoms with Crippen molar-refractivity contribution in [2.75, 3.05) is 13.2 Å². The Labute approximate surface area is 151 Å². The zero-order valence-corrected chi connectivity index (χ0v) is 14.6. The first kappa shape index (κ1) is 16.8. The van der Waals surface area contributed by atoms with E-state index >= 15 is 0 Å². The lowest BCUT2D eigenvalue weighted by Crippen LogP contribution is -2.51. The van der Waals surface area contributed by atoms with Gasteiger partial charge in [-0.3, -0.25) is 4.79 Å². The monoisotopic (exact) mass is 355 g/mol. The second kappa shape index (κ2) is 6.57. The lowest BCUT2D eigenvalue weighted by atomic mass is 10.1. The number of amides is 1. The van der Waals surface area contributed by atoms with Crippen LogP contribution in [0, 0.1) is 6.92 Å². The van der Waals surface area contributed by atoms with Crippen LogP contribution in [0.5, 0.6) is 0 Å². The Morgan fingerprint density at radius 1 is 1.23 bits per heavy atom. The van der Waals surface area contributed by atoms with Gasteiger partial charge in [0.25, 0.3) is 5.91 Å². The number of morpholine rings is 1. The fraction of sp³-hybridized carbons (Fsp3) is 0.421. The molecule has 0 spiro atoms. The van der Waals surface area contributed by atoms with E-state index in [0.717, 1.165) is 24.9 Å². The average molecular weight is 355 g/mol. The maximum Gasteiger partial charge on any atom is 0.339 e. The van der Waals surface area contributed by atoms with Crippen molar-refractivity contribution in [1.29, 1.82) is 0 Å². The molecule has 0 bridgehead atoms. The van der Waals surface area contributed by atoms with E-state index in [9.17, 15) is 9.59 Å². The molecule has 1 aromatic heterocycles. The van der Waals surface area contributed by atoms with Crippen molar-refractivity contribution in [2.24, 2.45) is 0 Å². The van der Waals surface area contributed by atoms with Gasteiger partial charge in [-0.15, -0.1) is 0 Å². The normalized spacial score (nSPS) is 22.3. The van der Waals surface area contributed by atoms with E-state index in [1.54, 1.807) is 35.9 Å². The van der Waals surface area contributed by atoms with E-state index in [2.05, 4.69) is 5.10 Å². The van der Waals surface area contributed by atoms with Crippen molar-refractivity contribution in [3.05, 3.63) is 47.3 Å². The van der Waals surface area contributed by atoms with Crippen LogP contribution in [-0.4, -0.2) is 57.0 Å². The third-order valence-electron chi connectivity index (χ3n) is 5.34. The molecule has 1 aliphatic carbocycles. The van der Waals surface area contributed by atoms with Crippen molar-refractivity contribution in [3.63, 3.8) is 0 Å². The van der Waals surface area contributed by atoms with Gasteiger partial charge < -0.3 is 14.7 Å². The molecule has 2 heterocycles. The number of carbonyl (C=O) groups excluding carboxylic acids is 1. The van der Waals surface area contributed by atoms with Gasteiger partial charge in [0.2, 0.25) is 0 Å². The summed E-state index contributed by atoms with van der Waals surface area (Å²) in [4.78, 5) is 26.0. The molecule has 0 unspecified atom stereocenters. The van der Waals surface area contributed by atoms with Crippen LogP contribution in [0.1, 0.15) is 45.7 Å². The number of nitrogens with zero attached hydrogens (tertiary/aromatic N) is 3. The van der Waals surface area contributed by atoms with Crippen LogP contribution in [-0.2, 0) is 4.74 Å². The lowest BCUT2D eigenvalue weighted by Gasteiger charge is -2.37. The Kier molecular flexibility index (Phi) is 4.24. The second-order valence-corrected chi connectivity index (χ2v) is 6.81. The molecule has 4 rings (SSSR count). The quantitative estimate of drug-likeness (QED) is 0.913. The number of benzene rings is 1. The van der Waals surface area contributed by atoms with Gasteiger partial charge in [0.05, 0.1) is 36.3 Å². The van der Waals surface area contributed by atoms with Crippen LogP contribution in [0.4, 0.5) is 0 Å². The maximum atomic E-state index is 12.9. The summed E-state index contributed by atoms with van der Waals surface area (Å²) in [5.74, 6) is -0.973. The molecule has 1 amide bonds. The molecule has 2 aliphatic rings. The summed E-state index contributed by atoms with van der Waals surface area (Å²) >= 11 is 0. The molecule has 1 aromatic carbocycles. The van der Waals surface area contributed by atoms with E-state index in [0.29, 0.717) is 24.4 Å². The molecule has 0 radical (unpaired) electrons. The van der Waals surface area contributed by atoms with Crippen molar-refractivity contribution in [2.45, 2.75) is 38.3 Å². The van der Waals surface area contributed by atoms with Crippen LogP contribution in [0.3, 0.4) is 0 Å². The highest BCUT2D eigenvalue weighted by molar-refractivity contribution is 5.94. The summed E-state index contributed by atoms with van der Waals surface area (Å²) in [6.45, 7) is 2.93. The third kappa shape index (κ3) is 2.78. The van der Waals surface area contributed by atoms with Crippen LogP contribution < -0.4 is 0 Å². The van der Waals surface area contributed by atoms with Crippen molar-refractivity contribution in [3.8, 4) is 5.69 Å². The van der Waals surface area contributed by atoms with E-state index in [4.69, 9.17) is 9.84 Å². The molecule has 2 aromatic rings. The predicted molar refractivity (Wildman–Crippen MR) is 93.7 cm³/mol. The van der Waals surface area contributed by atoms with Crippen LogP contribution >= 0.6 is 0 Å². The van der Waals surface area contributed by atoms with Crippen molar-refractivity contribution >= 4 is 11.9 Å². The van der Waals surface area contributed by atoms with Gasteiger partial charge in [-0.2, -0.15) is 5.10 Å². The van der Waals surface area contributed by atoms with E-state index in [-0.39, 0.29) is 23.6 Å². The summed E-state index contributed by atoms with van der Waals surface area (Å²) in [6.07, 6.45) is 4.64. The minimum Gasteiger partial charge on any atom is -0.478 e. The van der Waals surface area contributed by atoms with E-state index in [1.807, 2.05) is 4.90 Å². The summed E-state index contributed by atoms with van der Waals surface area (Å²) in [6, 6.07) is 7.33. The number of aromatic nitrogens is 2. The highest BCUT2D eigenvalue weighted by atomic mass is 16.5. The maximum absolute atomic E-state index is 12.9. The first-order valence-electron chi connectivity index (χ1n) is 8.87. The predicted octanol–water partition coefficient (Wildman–Crippen LogP) is 2.27. The Balaban J connectivity index is 1.56. The Bertz CT molecular complexity index is 843. The SMILES string of the molecule is Cc1c(C(=O)O)cnn1-c1ccc(C(=O)N2CCO[C@@H]3CCC[C@@H]32)cc1. The van der Waals surface area contributed by atoms with Gasteiger partial charge in [0.1, 0.15) is 5.56 Å². The van der Waals surface area contributed by atoms with E-state index < -0.39 is 5.97 Å². The summed E-state index contributed by atoms with van der Waals surface area (Å²) in [5.41, 5.74) is 2.08. The number of hydrogen-bond acceptors (Lipinski definition) is 4. The van der Waals surface area contributed by atoms with Crippen LogP contribution in [0.25, 0.3) is 5.69 Å². The average Bonchev–Trinajstić information content (AvgIpc) is 3.27. The number of rotatable bonds is 3. The van der Waals surface area contributed by atoms with Crippen LogP contribution in [0.2, 0.25) is 0 Å².